The Hall–Kier alpha value is -3.46. The van der Waals surface area contributed by atoms with Crippen LogP contribution in [0.1, 0.15) is 27.9 Å². The lowest BCUT2D eigenvalue weighted by atomic mass is 9.85. The van der Waals surface area contributed by atoms with Crippen LogP contribution in [0, 0.1) is 11.2 Å². The average Bonchev–Trinajstić information content (AvgIpc) is 3.23. The predicted molar refractivity (Wildman–Crippen MR) is 116 cm³/mol. The Bertz CT molecular complexity index is 1270. The molecule has 0 radical (unpaired) electrons. The van der Waals surface area contributed by atoms with E-state index in [2.05, 4.69) is 10.5 Å². The molecule has 2 N–H and O–H groups in total. The zero-order valence-electron chi connectivity index (χ0n) is 16.8. The molecule has 1 unspecified atom stereocenters. The number of alkyl halides is 3. The van der Waals surface area contributed by atoms with Crippen molar-refractivity contribution >= 4 is 40.2 Å². The molecule has 3 aromatic rings. The van der Waals surface area contributed by atoms with Crippen LogP contribution in [0.3, 0.4) is 0 Å². The van der Waals surface area contributed by atoms with Crippen LogP contribution in [0.15, 0.2) is 59.8 Å². The molecule has 1 amide bonds. The standard InChI is InChI=1S/C23H16ClF4N3O2/c24-14-9-13(10-15(25)11-14)22(23(26,27)28)12-20(31-33-22)18-5-6-19(21(32)30-8-7-29)17-4-2-1-3-16(17)18/h1-7,9-11,29H,8,12H2,(H,30,32). The molecule has 33 heavy (non-hydrogen) atoms. The highest BCUT2D eigenvalue weighted by molar-refractivity contribution is 6.30. The van der Waals surface area contributed by atoms with Gasteiger partial charge in [-0.1, -0.05) is 47.1 Å². The van der Waals surface area contributed by atoms with Gasteiger partial charge in [0.1, 0.15) is 5.82 Å². The Kier molecular flexibility index (Phi) is 5.84. The number of hydrogen-bond donors (Lipinski definition) is 2. The lowest BCUT2D eigenvalue weighted by Crippen LogP contribution is -2.42. The van der Waals surface area contributed by atoms with Crippen molar-refractivity contribution in [2.45, 2.75) is 18.2 Å². The van der Waals surface area contributed by atoms with E-state index in [0.717, 1.165) is 24.4 Å². The van der Waals surface area contributed by atoms with Gasteiger partial charge in [0, 0.05) is 34.3 Å². The number of fused-ring (bicyclic) bond motifs is 1. The van der Waals surface area contributed by atoms with Crippen LogP contribution in [0.5, 0.6) is 0 Å². The van der Waals surface area contributed by atoms with Crippen LogP contribution in [-0.2, 0) is 10.4 Å². The molecule has 1 heterocycles. The van der Waals surface area contributed by atoms with Gasteiger partial charge in [-0.25, -0.2) is 4.39 Å². The molecule has 3 aromatic carbocycles. The van der Waals surface area contributed by atoms with Crippen LogP contribution >= 0.6 is 11.6 Å². The molecule has 5 nitrogen and oxygen atoms in total. The number of carbonyl (C=O) groups excluding carboxylic acids is 1. The first-order valence-electron chi connectivity index (χ1n) is 9.74. The number of benzene rings is 3. The molecule has 170 valence electrons. The van der Waals surface area contributed by atoms with E-state index in [-0.39, 0.29) is 17.3 Å². The van der Waals surface area contributed by atoms with Gasteiger partial charge >= 0.3 is 6.18 Å². The smallest absolute Gasteiger partial charge is 0.374 e. The van der Waals surface area contributed by atoms with E-state index in [1.807, 2.05) is 0 Å². The van der Waals surface area contributed by atoms with E-state index >= 15 is 0 Å². The predicted octanol–water partition coefficient (Wildman–Crippen LogP) is 5.59. The highest BCUT2D eigenvalue weighted by Crippen LogP contribution is 2.49. The van der Waals surface area contributed by atoms with Crippen LogP contribution in [0.2, 0.25) is 5.02 Å². The molecular formula is C23H16ClF4N3O2. The summed E-state index contributed by atoms with van der Waals surface area (Å²) >= 11 is 5.80. The number of nitrogens with one attached hydrogen (secondary N) is 2. The SMILES string of the molecule is N=CCNC(=O)c1ccc(C2=NOC(c3cc(F)cc(Cl)c3)(C(F)(F)F)C2)c2ccccc12. The van der Waals surface area contributed by atoms with E-state index in [1.165, 1.54) is 12.1 Å². The number of carbonyl (C=O) groups is 1. The summed E-state index contributed by atoms with van der Waals surface area (Å²) in [6, 6.07) is 12.3. The van der Waals surface area contributed by atoms with Gasteiger partial charge < -0.3 is 15.6 Å². The van der Waals surface area contributed by atoms with Crippen LogP contribution in [-0.4, -0.2) is 30.6 Å². The largest absolute Gasteiger partial charge is 0.435 e. The molecule has 1 aliphatic heterocycles. The van der Waals surface area contributed by atoms with E-state index in [1.54, 1.807) is 24.3 Å². The molecule has 1 atom stereocenters. The van der Waals surface area contributed by atoms with Crippen molar-refractivity contribution < 1.29 is 27.2 Å². The minimum atomic E-state index is -4.92. The highest BCUT2D eigenvalue weighted by atomic mass is 35.5. The lowest BCUT2D eigenvalue weighted by molar-refractivity contribution is -0.275. The van der Waals surface area contributed by atoms with Crippen LogP contribution in [0.4, 0.5) is 17.6 Å². The van der Waals surface area contributed by atoms with Crippen molar-refractivity contribution in [1.82, 2.24) is 5.32 Å². The summed E-state index contributed by atoms with van der Waals surface area (Å²) < 4.78 is 56.5. The summed E-state index contributed by atoms with van der Waals surface area (Å²) in [4.78, 5) is 17.4. The quantitative estimate of drug-likeness (QED) is 0.371. The molecule has 4 rings (SSSR count). The molecule has 0 aliphatic carbocycles. The maximum Gasteiger partial charge on any atom is 0.435 e. The molecule has 0 saturated carbocycles. The summed E-state index contributed by atoms with van der Waals surface area (Å²) in [6.45, 7) is 0.0414. The van der Waals surface area contributed by atoms with E-state index in [9.17, 15) is 22.4 Å². The topological polar surface area (TPSA) is 74.5 Å². The maximum absolute atomic E-state index is 14.2. The number of rotatable bonds is 5. The van der Waals surface area contributed by atoms with Crippen molar-refractivity contribution in [2.24, 2.45) is 5.16 Å². The summed E-state index contributed by atoms with van der Waals surface area (Å²) in [5.41, 5.74) is -2.76. The number of nitrogens with zero attached hydrogens (tertiary/aromatic N) is 1. The first-order chi connectivity index (χ1) is 15.7. The van der Waals surface area contributed by atoms with Gasteiger partial charge in [0.05, 0.1) is 12.3 Å². The first kappa shape index (κ1) is 22.7. The van der Waals surface area contributed by atoms with Gasteiger partial charge in [-0.3, -0.25) is 4.79 Å². The Labute approximate surface area is 190 Å². The molecule has 0 spiro atoms. The average molecular weight is 478 g/mol. The van der Waals surface area contributed by atoms with Gasteiger partial charge in [0.25, 0.3) is 11.5 Å². The third kappa shape index (κ3) is 4.04. The summed E-state index contributed by atoms with van der Waals surface area (Å²) in [7, 11) is 0. The van der Waals surface area contributed by atoms with Crippen molar-refractivity contribution in [3.63, 3.8) is 0 Å². The summed E-state index contributed by atoms with van der Waals surface area (Å²) in [6.07, 6.45) is -4.59. The fraction of sp³-hybridized carbons (Fsp3) is 0.174. The van der Waals surface area contributed by atoms with Crippen molar-refractivity contribution in [3.8, 4) is 0 Å². The minimum Gasteiger partial charge on any atom is -0.374 e. The molecule has 1 aliphatic rings. The third-order valence-corrected chi connectivity index (χ3v) is 5.58. The third-order valence-electron chi connectivity index (χ3n) is 5.36. The Morgan fingerprint density at radius 1 is 1.18 bits per heavy atom. The van der Waals surface area contributed by atoms with E-state index in [0.29, 0.717) is 21.9 Å². The summed E-state index contributed by atoms with van der Waals surface area (Å²) in [5.74, 6) is -1.35. The summed E-state index contributed by atoms with van der Waals surface area (Å²) in [5, 5.41) is 14.2. The molecule has 10 heteroatoms. The number of oxime groups is 1. The molecule has 0 fully saturated rings. The maximum atomic E-state index is 14.2. The Balaban J connectivity index is 1.79. The van der Waals surface area contributed by atoms with Gasteiger partial charge in [-0.2, -0.15) is 13.2 Å². The van der Waals surface area contributed by atoms with Gasteiger partial charge in [-0.05, 0) is 35.0 Å². The number of amides is 1. The second-order valence-corrected chi connectivity index (χ2v) is 7.85. The Morgan fingerprint density at radius 3 is 2.58 bits per heavy atom. The number of halogens is 5. The molecule has 0 bridgehead atoms. The van der Waals surface area contributed by atoms with Gasteiger partial charge in [0.15, 0.2) is 0 Å². The minimum absolute atomic E-state index is 0.00430. The second-order valence-electron chi connectivity index (χ2n) is 7.41. The zero-order chi connectivity index (χ0) is 23.8. The van der Waals surface area contributed by atoms with Gasteiger partial charge in [0.2, 0.25) is 0 Å². The van der Waals surface area contributed by atoms with Crippen molar-refractivity contribution in [1.29, 1.82) is 5.41 Å². The fourth-order valence-corrected chi connectivity index (χ4v) is 4.04. The normalized spacial score (nSPS) is 18.0. The van der Waals surface area contributed by atoms with Gasteiger partial charge in [-0.15, -0.1) is 0 Å². The van der Waals surface area contributed by atoms with Crippen LogP contribution < -0.4 is 5.32 Å². The van der Waals surface area contributed by atoms with E-state index < -0.39 is 35.5 Å². The highest BCUT2D eigenvalue weighted by Gasteiger charge is 2.62. The molecule has 0 aromatic heterocycles. The number of hydrogen-bond acceptors (Lipinski definition) is 4. The molecule has 0 saturated heterocycles. The Morgan fingerprint density at radius 2 is 1.91 bits per heavy atom. The first-order valence-corrected chi connectivity index (χ1v) is 10.1. The van der Waals surface area contributed by atoms with Crippen LogP contribution in [0.25, 0.3) is 10.8 Å². The van der Waals surface area contributed by atoms with Crippen molar-refractivity contribution in [2.75, 3.05) is 6.54 Å². The monoisotopic (exact) mass is 477 g/mol. The second kappa shape index (κ2) is 8.47. The van der Waals surface area contributed by atoms with Crippen molar-refractivity contribution in [3.05, 3.63) is 82.1 Å². The van der Waals surface area contributed by atoms with E-state index in [4.69, 9.17) is 21.8 Å². The fourth-order valence-electron chi connectivity index (χ4n) is 3.82. The lowest BCUT2D eigenvalue weighted by Gasteiger charge is -2.29. The zero-order valence-corrected chi connectivity index (χ0v) is 17.6. The molecular weight excluding hydrogens is 462 g/mol.